The first-order chi connectivity index (χ1) is 8.16. The van der Waals surface area contributed by atoms with Crippen LogP contribution >= 0.6 is 0 Å². The van der Waals surface area contributed by atoms with Crippen molar-refractivity contribution in [2.24, 2.45) is 0 Å². The second-order valence-electron chi connectivity index (χ2n) is 4.60. The van der Waals surface area contributed by atoms with E-state index in [4.69, 9.17) is 9.47 Å². The number of nitrogens with zero attached hydrogens (tertiary/aromatic N) is 1. The summed E-state index contributed by atoms with van der Waals surface area (Å²) in [7, 11) is 0. The normalized spacial score (nSPS) is 24.9. The molecule has 1 saturated heterocycles. The maximum Gasteiger partial charge on any atom is 0.219 e. The van der Waals surface area contributed by atoms with E-state index in [1.54, 1.807) is 6.20 Å². The molecule has 0 aliphatic carbocycles. The molecule has 0 saturated carbocycles. The van der Waals surface area contributed by atoms with Gasteiger partial charge in [-0.05, 0) is 32.4 Å². The topological polar surface area (TPSA) is 51.6 Å². The molecule has 2 rings (SSSR count). The fraction of sp³-hybridized carbons (Fsp3) is 0.615. The number of aliphatic hydroxyl groups is 1. The lowest BCUT2D eigenvalue weighted by Gasteiger charge is -2.27. The van der Waals surface area contributed by atoms with Gasteiger partial charge in [-0.25, -0.2) is 4.98 Å². The first kappa shape index (κ1) is 12.3. The van der Waals surface area contributed by atoms with Crippen LogP contribution < -0.4 is 4.74 Å². The highest BCUT2D eigenvalue weighted by molar-refractivity contribution is 5.28. The number of aromatic nitrogens is 1. The highest BCUT2D eigenvalue weighted by Crippen LogP contribution is 2.33. The van der Waals surface area contributed by atoms with E-state index >= 15 is 0 Å². The Morgan fingerprint density at radius 3 is 3.06 bits per heavy atom. The van der Waals surface area contributed by atoms with Crippen LogP contribution in [0.15, 0.2) is 18.3 Å². The van der Waals surface area contributed by atoms with Gasteiger partial charge < -0.3 is 14.6 Å². The largest absolute Gasteiger partial charge is 0.475 e. The standard InChI is InChI=1S/C13H19NO3/c1-9(2)17-13-11(4-3-6-14-13)12-8-10(15)5-7-16-12/h3-4,6,9-10,12,15H,5,7-8H2,1-2H3. The molecule has 94 valence electrons. The molecule has 2 atom stereocenters. The van der Waals surface area contributed by atoms with E-state index < -0.39 is 0 Å². The lowest BCUT2D eigenvalue weighted by Crippen LogP contribution is -2.24. The van der Waals surface area contributed by atoms with Crippen LogP contribution in [0.25, 0.3) is 0 Å². The molecule has 0 radical (unpaired) electrons. The number of hydrogen-bond acceptors (Lipinski definition) is 4. The third-order valence-corrected chi connectivity index (χ3v) is 2.75. The quantitative estimate of drug-likeness (QED) is 0.874. The molecule has 4 heteroatoms. The summed E-state index contributed by atoms with van der Waals surface area (Å²) in [6, 6.07) is 3.82. The highest BCUT2D eigenvalue weighted by atomic mass is 16.5. The van der Waals surface area contributed by atoms with Crippen LogP contribution in [-0.2, 0) is 4.74 Å². The third-order valence-electron chi connectivity index (χ3n) is 2.75. The molecule has 2 unspecified atom stereocenters. The van der Waals surface area contributed by atoms with Gasteiger partial charge in [-0.15, -0.1) is 0 Å². The van der Waals surface area contributed by atoms with Crippen molar-refractivity contribution in [3.05, 3.63) is 23.9 Å². The van der Waals surface area contributed by atoms with E-state index in [0.29, 0.717) is 25.3 Å². The van der Waals surface area contributed by atoms with Crippen molar-refractivity contribution in [3.63, 3.8) is 0 Å². The van der Waals surface area contributed by atoms with Crippen molar-refractivity contribution in [3.8, 4) is 5.88 Å². The molecule has 1 aliphatic heterocycles. The van der Waals surface area contributed by atoms with Crippen molar-refractivity contribution < 1.29 is 14.6 Å². The van der Waals surface area contributed by atoms with Gasteiger partial charge in [-0.2, -0.15) is 0 Å². The van der Waals surface area contributed by atoms with Gasteiger partial charge >= 0.3 is 0 Å². The SMILES string of the molecule is CC(C)Oc1ncccc1C1CC(O)CCO1. The fourth-order valence-corrected chi connectivity index (χ4v) is 1.97. The minimum atomic E-state index is -0.291. The summed E-state index contributed by atoms with van der Waals surface area (Å²) in [5, 5.41) is 9.67. The Balaban J connectivity index is 2.18. The second-order valence-corrected chi connectivity index (χ2v) is 4.60. The summed E-state index contributed by atoms with van der Waals surface area (Å²) < 4.78 is 11.3. The Labute approximate surface area is 102 Å². The van der Waals surface area contributed by atoms with E-state index in [2.05, 4.69) is 4.98 Å². The van der Waals surface area contributed by atoms with Crippen molar-refractivity contribution in [1.82, 2.24) is 4.98 Å². The Morgan fingerprint density at radius 1 is 1.53 bits per heavy atom. The van der Waals surface area contributed by atoms with Crippen LogP contribution in [0.1, 0.15) is 38.4 Å². The molecule has 1 aromatic heterocycles. The monoisotopic (exact) mass is 237 g/mol. The summed E-state index contributed by atoms with van der Waals surface area (Å²) in [6.45, 7) is 4.52. The summed E-state index contributed by atoms with van der Waals surface area (Å²) >= 11 is 0. The van der Waals surface area contributed by atoms with E-state index in [1.165, 1.54) is 0 Å². The zero-order valence-corrected chi connectivity index (χ0v) is 10.3. The Hall–Kier alpha value is -1.13. The highest BCUT2D eigenvalue weighted by Gasteiger charge is 2.25. The zero-order chi connectivity index (χ0) is 12.3. The lowest BCUT2D eigenvalue weighted by atomic mass is 10.0. The average Bonchev–Trinajstić information content (AvgIpc) is 2.29. The number of rotatable bonds is 3. The molecular formula is C13H19NO3. The molecule has 1 aromatic rings. The van der Waals surface area contributed by atoms with Crippen molar-refractivity contribution in [1.29, 1.82) is 0 Å². The minimum Gasteiger partial charge on any atom is -0.475 e. The molecule has 2 heterocycles. The number of aliphatic hydroxyl groups excluding tert-OH is 1. The smallest absolute Gasteiger partial charge is 0.219 e. The number of ether oxygens (including phenoxy) is 2. The predicted octanol–water partition coefficient (Wildman–Crippen LogP) is 2.08. The van der Waals surface area contributed by atoms with Crippen LogP contribution in [0.5, 0.6) is 5.88 Å². The van der Waals surface area contributed by atoms with E-state index in [0.717, 1.165) is 5.56 Å². The third kappa shape index (κ3) is 3.17. The average molecular weight is 237 g/mol. The van der Waals surface area contributed by atoms with Crippen LogP contribution in [0.3, 0.4) is 0 Å². The van der Waals surface area contributed by atoms with Gasteiger partial charge in [-0.1, -0.05) is 0 Å². The van der Waals surface area contributed by atoms with Gasteiger partial charge in [0, 0.05) is 24.8 Å². The summed E-state index contributed by atoms with van der Waals surface area (Å²) in [4.78, 5) is 4.24. The molecule has 0 bridgehead atoms. The first-order valence-corrected chi connectivity index (χ1v) is 6.08. The Morgan fingerprint density at radius 2 is 2.35 bits per heavy atom. The van der Waals surface area contributed by atoms with Crippen molar-refractivity contribution in [2.45, 2.75) is 45.0 Å². The second kappa shape index (κ2) is 5.47. The van der Waals surface area contributed by atoms with E-state index in [1.807, 2.05) is 26.0 Å². The molecule has 1 aliphatic rings. The van der Waals surface area contributed by atoms with Crippen molar-refractivity contribution in [2.75, 3.05) is 6.61 Å². The van der Waals surface area contributed by atoms with Crippen molar-refractivity contribution >= 4 is 0 Å². The predicted molar refractivity (Wildman–Crippen MR) is 63.9 cm³/mol. The maximum atomic E-state index is 9.67. The fourth-order valence-electron chi connectivity index (χ4n) is 1.97. The molecule has 1 N–H and O–H groups in total. The van der Waals surface area contributed by atoms with Crippen LogP contribution in [-0.4, -0.2) is 28.9 Å². The van der Waals surface area contributed by atoms with Gasteiger partial charge in [-0.3, -0.25) is 0 Å². The van der Waals surface area contributed by atoms with E-state index in [-0.39, 0.29) is 18.3 Å². The molecule has 17 heavy (non-hydrogen) atoms. The zero-order valence-electron chi connectivity index (χ0n) is 10.3. The molecule has 1 fully saturated rings. The molecule has 4 nitrogen and oxygen atoms in total. The summed E-state index contributed by atoms with van der Waals surface area (Å²) in [6.07, 6.45) is 2.71. The van der Waals surface area contributed by atoms with Crippen LogP contribution in [0.2, 0.25) is 0 Å². The van der Waals surface area contributed by atoms with E-state index in [9.17, 15) is 5.11 Å². The molecule has 0 spiro atoms. The molecule has 0 amide bonds. The Kier molecular flexibility index (Phi) is 3.97. The van der Waals surface area contributed by atoms with Crippen LogP contribution in [0.4, 0.5) is 0 Å². The molecule has 0 aromatic carbocycles. The summed E-state index contributed by atoms with van der Waals surface area (Å²) in [5.74, 6) is 0.613. The van der Waals surface area contributed by atoms with Gasteiger partial charge in [0.2, 0.25) is 5.88 Å². The molecular weight excluding hydrogens is 218 g/mol. The van der Waals surface area contributed by atoms with Crippen LogP contribution in [0, 0.1) is 0 Å². The minimum absolute atomic E-state index is 0.0807. The summed E-state index contributed by atoms with van der Waals surface area (Å²) in [5.41, 5.74) is 0.931. The Bertz CT molecular complexity index is 367. The van der Waals surface area contributed by atoms with Gasteiger partial charge in [0.25, 0.3) is 0 Å². The van der Waals surface area contributed by atoms with Gasteiger partial charge in [0.05, 0.1) is 18.3 Å². The number of hydrogen-bond donors (Lipinski definition) is 1. The van der Waals surface area contributed by atoms with Gasteiger partial charge in [0.15, 0.2) is 0 Å². The lowest BCUT2D eigenvalue weighted by molar-refractivity contribution is -0.0462. The first-order valence-electron chi connectivity index (χ1n) is 6.08. The maximum absolute atomic E-state index is 9.67. The van der Waals surface area contributed by atoms with Gasteiger partial charge in [0.1, 0.15) is 0 Å². The number of pyridine rings is 1.